The molecule has 33 heavy (non-hydrogen) atoms. The Labute approximate surface area is 197 Å². The van der Waals surface area contributed by atoms with Crippen LogP contribution >= 0.6 is 23.2 Å². The number of nitrogens with zero attached hydrogens (tertiary/aromatic N) is 3. The van der Waals surface area contributed by atoms with E-state index in [9.17, 15) is 23.6 Å². The molecule has 0 aliphatic rings. The number of amides is 1. The molecule has 174 valence electrons. The fourth-order valence-corrected chi connectivity index (χ4v) is 3.42. The van der Waals surface area contributed by atoms with Crippen LogP contribution in [0, 0.1) is 0 Å². The van der Waals surface area contributed by atoms with Gasteiger partial charge >= 0.3 is 11.6 Å². The highest BCUT2D eigenvalue weighted by Gasteiger charge is 2.41. The third-order valence-corrected chi connectivity index (χ3v) is 5.26. The van der Waals surface area contributed by atoms with Crippen molar-refractivity contribution in [3.8, 4) is 0 Å². The highest BCUT2D eigenvalue weighted by atomic mass is 35.5. The van der Waals surface area contributed by atoms with Gasteiger partial charge in [-0.2, -0.15) is 8.78 Å². The van der Waals surface area contributed by atoms with Crippen molar-refractivity contribution < 1.29 is 23.5 Å². The number of hydrogen-bond acceptors (Lipinski definition) is 5. The number of halogens is 4. The Hall–Kier alpha value is -3.24. The largest absolute Gasteiger partial charge is 0.359 e. The zero-order chi connectivity index (χ0) is 24.2. The Morgan fingerprint density at radius 3 is 2.73 bits per heavy atom. The monoisotopic (exact) mass is 498 g/mol. The van der Waals surface area contributed by atoms with Gasteiger partial charge in [0.2, 0.25) is 12.1 Å². The molecule has 0 aliphatic heterocycles. The van der Waals surface area contributed by atoms with Crippen molar-refractivity contribution in [2.75, 3.05) is 11.9 Å². The molecule has 0 radical (unpaired) electrons. The van der Waals surface area contributed by atoms with Gasteiger partial charge in [0.05, 0.1) is 18.8 Å². The first kappa shape index (κ1) is 24.4. The number of aromatic nitrogens is 3. The van der Waals surface area contributed by atoms with Crippen LogP contribution in [0.4, 0.5) is 14.6 Å². The molecule has 12 heteroatoms. The smallest absolute Gasteiger partial charge is 0.351 e. The lowest BCUT2D eigenvalue weighted by atomic mass is 10.1. The number of rotatable bonds is 8. The van der Waals surface area contributed by atoms with Crippen molar-refractivity contribution in [3.05, 3.63) is 86.6 Å². The van der Waals surface area contributed by atoms with Crippen molar-refractivity contribution in [2.45, 2.75) is 25.4 Å². The Bertz CT molecular complexity index is 1220. The van der Waals surface area contributed by atoms with E-state index in [0.29, 0.717) is 9.75 Å². The standard InChI is InChI=1S/C21H19Cl2F2N5O3/c1-13(14-5-4-6-15(22)9-14)28-18(31)11-29-17(23)10-26-19(20(29)32)27-12-21(24,25)16-7-2-3-8-30(16)33/h2-10,13H,11-12H2,1H3,(H2-,26,27,28,31,33)/p+1. The molecule has 0 bridgehead atoms. The minimum absolute atomic E-state index is 0.140. The van der Waals surface area contributed by atoms with E-state index in [1.807, 2.05) is 0 Å². The molecule has 1 aromatic carbocycles. The maximum atomic E-state index is 14.5. The molecule has 3 N–H and O–H groups in total. The summed E-state index contributed by atoms with van der Waals surface area (Å²) in [5.74, 6) is -4.48. The molecule has 8 nitrogen and oxygen atoms in total. The van der Waals surface area contributed by atoms with Gasteiger partial charge in [-0.3, -0.25) is 19.4 Å². The van der Waals surface area contributed by atoms with E-state index in [-0.39, 0.29) is 5.15 Å². The van der Waals surface area contributed by atoms with Crippen LogP contribution in [0.5, 0.6) is 0 Å². The first-order valence-corrected chi connectivity index (χ1v) is 10.5. The second-order valence-corrected chi connectivity index (χ2v) is 7.98. The number of anilines is 1. The Morgan fingerprint density at radius 2 is 2.03 bits per heavy atom. The molecule has 3 rings (SSSR count). The van der Waals surface area contributed by atoms with E-state index >= 15 is 0 Å². The highest BCUT2D eigenvalue weighted by molar-refractivity contribution is 6.30. The van der Waals surface area contributed by atoms with Gasteiger partial charge in [0.25, 0.3) is 5.56 Å². The lowest BCUT2D eigenvalue weighted by Gasteiger charge is -2.17. The van der Waals surface area contributed by atoms with Gasteiger partial charge in [-0.25, -0.2) is 4.98 Å². The number of pyridine rings is 1. The molecule has 1 unspecified atom stereocenters. The lowest BCUT2D eigenvalue weighted by molar-refractivity contribution is -0.913. The van der Waals surface area contributed by atoms with Crippen LogP contribution < -0.4 is 20.9 Å². The molecule has 0 saturated heterocycles. The van der Waals surface area contributed by atoms with Crippen LogP contribution in [-0.2, 0) is 17.3 Å². The summed E-state index contributed by atoms with van der Waals surface area (Å²) in [6.07, 6.45) is 2.13. The fraction of sp³-hybridized carbons (Fsp3) is 0.238. The quantitative estimate of drug-likeness (QED) is 0.327. The SMILES string of the molecule is CC(NC(=O)Cn1c(Cl)cnc(NCC(F)(F)c2cccc[n+]2O)c1=O)c1cccc(Cl)c1. The number of alkyl halides is 2. The van der Waals surface area contributed by atoms with Crippen molar-refractivity contribution in [1.29, 1.82) is 0 Å². The van der Waals surface area contributed by atoms with Gasteiger partial charge in [0.1, 0.15) is 11.7 Å². The minimum Gasteiger partial charge on any atom is -0.359 e. The molecule has 1 atom stereocenters. The van der Waals surface area contributed by atoms with E-state index < -0.39 is 48.0 Å². The van der Waals surface area contributed by atoms with Crippen molar-refractivity contribution >= 4 is 34.9 Å². The normalized spacial score (nSPS) is 12.3. The molecule has 3 aromatic rings. The summed E-state index contributed by atoms with van der Waals surface area (Å²) in [5, 5.41) is 15.0. The molecular weight excluding hydrogens is 479 g/mol. The topological polar surface area (TPSA) is 100 Å². The number of carbonyl (C=O) groups excluding carboxylic acids is 1. The van der Waals surface area contributed by atoms with Crippen LogP contribution in [0.25, 0.3) is 0 Å². The third kappa shape index (κ3) is 5.96. The lowest BCUT2D eigenvalue weighted by Crippen LogP contribution is -2.43. The number of carbonyl (C=O) groups is 1. The number of nitrogens with one attached hydrogen (secondary N) is 2. The Balaban J connectivity index is 1.72. The molecule has 2 aromatic heterocycles. The Kier molecular flexibility index (Phi) is 7.50. The van der Waals surface area contributed by atoms with E-state index in [1.54, 1.807) is 31.2 Å². The molecule has 0 fully saturated rings. The molecule has 2 heterocycles. The average Bonchev–Trinajstić information content (AvgIpc) is 2.76. The van der Waals surface area contributed by atoms with Gasteiger partial charge in [-0.05, 0) is 30.7 Å². The average molecular weight is 499 g/mol. The first-order valence-electron chi connectivity index (χ1n) is 9.71. The first-order chi connectivity index (χ1) is 15.6. The van der Waals surface area contributed by atoms with Crippen LogP contribution in [0.15, 0.2) is 59.7 Å². The van der Waals surface area contributed by atoms with Gasteiger partial charge in [-0.15, -0.1) is 0 Å². The summed E-state index contributed by atoms with van der Waals surface area (Å²) in [6, 6.07) is 10.3. The van der Waals surface area contributed by atoms with Crippen LogP contribution in [-0.4, -0.2) is 27.2 Å². The summed E-state index contributed by atoms with van der Waals surface area (Å²) in [5.41, 5.74) is -0.773. The minimum atomic E-state index is -3.53. The maximum Gasteiger partial charge on any atom is 0.351 e. The summed E-state index contributed by atoms with van der Waals surface area (Å²) < 4.78 is 30.2. The zero-order valence-corrected chi connectivity index (χ0v) is 18.8. The van der Waals surface area contributed by atoms with E-state index in [4.69, 9.17) is 23.2 Å². The predicted octanol–water partition coefficient (Wildman–Crippen LogP) is 3.16. The van der Waals surface area contributed by atoms with Gasteiger partial charge in [-0.1, -0.05) is 35.3 Å². The summed E-state index contributed by atoms with van der Waals surface area (Å²) in [6.45, 7) is 0.261. The van der Waals surface area contributed by atoms with Crippen molar-refractivity contribution in [3.63, 3.8) is 0 Å². The summed E-state index contributed by atoms with van der Waals surface area (Å²) in [7, 11) is 0. The molecular formula is C21H20Cl2F2N5O3+. The van der Waals surface area contributed by atoms with Crippen LogP contribution in [0.1, 0.15) is 24.2 Å². The van der Waals surface area contributed by atoms with Crippen molar-refractivity contribution in [1.82, 2.24) is 14.9 Å². The fourth-order valence-electron chi connectivity index (χ4n) is 3.04. The predicted molar refractivity (Wildman–Crippen MR) is 118 cm³/mol. The Morgan fingerprint density at radius 1 is 1.27 bits per heavy atom. The summed E-state index contributed by atoms with van der Waals surface area (Å²) >= 11 is 12.0. The molecule has 0 aliphatic carbocycles. The van der Waals surface area contributed by atoms with Crippen LogP contribution in [0.2, 0.25) is 10.2 Å². The third-order valence-electron chi connectivity index (χ3n) is 4.73. The van der Waals surface area contributed by atoms with E-state index in [2.05, 4.69) is 15.6 Å². The van der Waals surface area contributed by atoms with Crippen LogP contribution in [0.3, 0.4) is 0 Å². The molecule has 1 amide bonds. The second-order valence-electron chi connectivity index (χ2n) is 7.15. The van der Waals surface area contributed by atoms with Gasteiger partial charge in [0, 0.05) is 21.9 Å². The molecule has 0 spiro atoms. The molecule has 0 saturated carbocycles. The van der Waals surface area contributed by atoms with E-state index in [0.717, 1.165) is 28.6 Å². The summed E-state index contributed by atoms with van der Waals surface area (Å²) in [4.78, 5) is 28.9. The maximum absolute atomic E-state index is 14.5. The number of hydrogen-bond donors (Lipinski definition) is 3. The second kappa shape index (κ2) is 10.1. The highest BCUT2D eigenvalue weighted by Crippen LogP contribution is 2.25. The van der Waals surface area contributed by atoms with Gasteiger partial charge < -0.3 is 10.6 Å². The van der Waals surface area contributed by atoms with E-state index in [1.165, 1.54) is 12.1 Å². The zero-order valence-electron chi connectivity index (χ0n) is 17.3. The van der Waals surface area contributed by atoms with Gasteiger partial charge in [0.15, 0.2) is 5.82 Å². The number of benzene rings is 1. The van der Waals surface area contributed by atoms with Crippen molar-refractivity contribution in [2.24, 2.45) is 0 Å².